The van der Waals surface area contributed by atoms with Crippen molar-refractivity contribution in [2.75, 3.05) is 25.1 Å². The van der Waals surface area contributed by atoms with Crippen molar-refractivity contribution in [3.05, 3.63) is 59.4 Å². The first-order valence-corrected chi connectivity index (χ1v) is 11.8. The molecule has 0 bridgehead atoms. The summed E-state index contributed by atoms with van der Waals surface area (Å²) in [5.74, 6) is 1.31. The first kappa shape index (κ1) is 21.0. The second-order valence-corrected chi connectivity index (χ2v) is 9.11. The summed E-state index contributed by atoms with van der Waals surface area (Å²) in [6.45, 7) is 6.40. The number of methoxy groups -OCH3 is 1. The number of nitrogens with one attached hydrogen (secondary N) is 1. The van der Waals surface area contributed by atoms with Gasteiger partial charge in [-0.25, -0.2) is 9.78 Å². The highest BCUT2D eigenvalue weighted by Crippen LogP contribution is 2.40. The number of ether oxygens (including phenoxy) is 1. The standard InChI is InChI=1S/C26H32N4O2/c1-17-9-10-21-22(29(17)26(31)32-3)11-12-23-24(21)28-25(18(2)19-7-5-4-6-8-19)30(23)20-13-15-27-16-14-20/h4-8,11-12,17-18,20,27H,9-10,13-16H2,1-3H3/t17-,18+/m0/s1. The number of piperidine rings is 1. The van der Waals surface area contributed by atoms with Gasteiger partial charge >= 0.3 is 6.09 Å². The van der Waals surface area contributed by atoms with Gasteiger partial charge in [-0.2, -0.15) is 0 Å². The molecule has 1 aromatic heterocycles. The van der Waals surface area contributed by atoms with Gasteiger partial charge in [-0.1, -0.05) is 37.3 Å². The molecule has 2 aromatic carbocycles. The number of imidazole rings is 1. The Morgan fingerprint density at radius 1 is 1.12 bits per heavy atom. The van der Waals surface area contributed by atoms with Crippen molar-refractivity contribution in [2.45, 2.75) is 57.5 Å². The number of benzene rings is 2. The maximum Gasteiger partial charge on any atom is 0.414 e. The van der Waals surface area contributed by atoms with Crippen molar-refractivity contribution in [3.63, 3.8) is 0 Å². The zero-order chi connectivity index (χ0) is 22.2. The highest BCUT2D eigenvalue weighted by atomic mass is 16.5. The maximum absolute atomic E-state index is 12.6. The van der Waals surface area contributed by atoms with Crippen LogP contribution in [0.3, 0.4) is 0 Å². The van der Waals surface area contributed by atoms with Crippen molar-refractivity contribution in [3.8, 4) is 0 Å². The van der Waals surface area contributed by atoms with Crippen molar-refractivity contribution in [1.29, 1.82) is 0 Å². The number of rotatable bonds is 3. The first-order chi connectivity index (χ1) is 15.6. The van der Waals surface area contributed by atoms with Gasteiger partial charge in [0.2, 0.25) is 0 Å². The molecule has 1 amide bonds. The van der Waals surface area contributed by atoms with Gasteiger partial charge in [-0.15, -0.1) is 0 Å². The number of carbonyl (C=O) groups excluding carboxylic acids is 1. The molecule has 168 valence electrons. The summed E-state index contributed by atoms with van der Waals surface area (Å²) < 4.78 is 7.60. The van der Waals surface area contributed by atoms with E-state index in [0.717, 1.165) is 55.8 Å². The molecule has 1 fully saturated rings. The molecule has 0 aliphatic carbocycles. The molecule has 32 heavy (non-hydrogen) atoms. The third kappa shape index (κ3) is 3.47. The monoisotopic (exact) mass is 432 g/mol. The molecule has 1 saturated heterocycles. The molecule has 3 heterocycles. The van der Waals surface area contributed by atoms with Crippen molar-refractivity contribution >= 4 is 22.8 Å². The zero-order valence-corrected chi connectivity index (χ0v) is 19.2. The van der Waals surface area contributed by atoms with Gasteiger partial charge < -0.3 is 14.6 Å². The molecule has 2 aliphatic heterocycles. The number of aromatic nitrogens is 2. The van der Waals surface area contributed by atoms with Crippen LogP contribution in [0.1, 0.15) is 62.0 Å². The molecular formula is C26H32N4O2. The lowest BCUT2D eigenvalue weighted by Gasteiger charge is -2.34. The fourth-order valence-electron chi connectivity index (χ4n) is 5.44. The normalized spacial score (nSPS) is 20.2. The van der Waals surface area contributed by atoms with Crippen LogP contribution in [-0.2, 0) is 11.2 Å². The van der Waals surface area contributed by atoms with Crippen LogP contribution >= 0.6 is 0 Å². The Kier molecular flexibility index (Phi) is 5.64. The Bertz CT molecular complexity index is 1120. The molecule has 5 rings (SSSR count). The molecule has 0 saturated carbocycles. The van der Waals surface area contributed by atoms with Crippen LogP contribution in [0.4, 0.5) is 10.5 Å². The average molecular weight is 433 g/mol. The van der Waals surface area contributed by atoms with E-state index in [-0.39, 0.29) is 18.1 Å². The van der Waals surface area contributed by atoms with Crippen LogP contribution in [0.5, 0.6) is 0 Å². The molecule has 0 unspecified atom stereocenters. The van der Waals surface area contributed by atoms with E-state index in [9.17, 15) is 4.79 Å². The van der Waals surface area contributed by atoms with Crippen LogP contribution < -0.4 is 10.2 Å². The summed E-state index contributed by atoms with van der Waals surface area (Å²) in [6, 6.07) is 15.4. The summed E-state index contributed by atoms with van der Waals surface area (Å²) in [5, 5.41) is 3.49. The van der Waals surface area contributed by atoms with Crippen molar-refractivity contribution < 1.29 is 9.53 Å². The number of fused-ring (bicyclic) bond motifs is 3. The highest BCUT2D eigenvalue weighted by Gasteiger charge is 2.33. The van der Waals surface area contributed by atoms with Gasteiger partial charge in [-0.3, -0.25) is 4.90 Å². The van der Waals surface area contributed by atoms with E-state index < -0.39 is 0 Å². The number of anilines is 1. The Hall–Kier alpha value is -2.86. The van der Waals surface area contributed by atoms with Crippen molar-refractivity contribution in [1.82, 2.24) is 14.9 Å². The third-order valence-corrected chi connectivity index (χ3v) is 7.21. The predicted octanol–water partition coefficient (Wildman–Crippen LogP) is 5.02. The fourth-order valence-corrected chi connectivity index (χ4v) is 5.44. The van der Waals surface area contributed by atoms with Crippen LogP contribution in [0.15, 0.2) is 42.5 Å². The molecular weight excluding hydrogens is 400 g/mol. The highest BCUT2D eigenvalue weighted by molar-refractivity contribution is 5.95. The van der Waals surface area contributed by atoms with E-state index in [1.165, 1.54) is 23.8 Å². The topological polar surface area (TPSA) is 59.4 Å². The molecule has 2 aliphatic rings. The summed E-state index contributed by atoms with van der Waals surface area (Å²) in [6.07, 6.45) is 3.73. The number of hydrogen-bond donors (Lipinski definition) is 1. The molecule has 6 heteroatoms. The molecule has 6 nitrogen and oxygen atoms in total. The van der Waals surface area contributed by atoms with Crippen LogP contribution in [-0.4, -0.2) is 41.9 Å². The minimum absolute atomic E-state index is 0.113. The van der Waals surface area contributed by atoms with E-state index in [1.54, 1.807) is 4.90 Å². The van der Waals surface area contributed by atoms with E-state index in [0.29, 0.717) is 6.04 Å². The summed E-state index contributed by atoms with van der Waals surface area (Å²) in [4.78, 5) is 19.6. The smallest absolute Gasteiger partial charge is 0.414 e. The van der Waals surface area contributed by atoms with Crippen molar-refractivity contribution in [2.24, 2.45) is 0 Å². The lowest BCUT2D eigenvalue weighted by Crippen LogP contribution is -2.42. The largest absolute Gasteiger partial charge is 0.452 e. The van der Waals surface area contributed by atoms with Crippen LogP contribution in [0, 0.1) is 0 Å². The van der Waals surface area contributed by atoms with E-state index >= 15 is 0 Å². The van der Waals surface area contributed by atoms with E-state index in [4.69, 9.17) is 9.72 Å². The third-order valence-electron chi connectivity index (χ3n) is 7.21. The molecule has 3 aromatic rings. The second-order valence-electron chi connectivity index (χ2n) is 9.11. The molecule has 0 spiro atoms. The molecule has 0 radical (unpaired) electrons. The lowest BCUT2D eigenvalue weighted by molar-refractivity contribution is 0.175. The van der Waals surface area contributed by atoms with Gasteiger partial charge in [0.25, 0.3) is 0 Å². The van der Waals surface area contributed by atoms with Gasteiger partial charge in [0.1, 0.15) is 5.82 Å². The summed E-state index contributed by atoms with van der Waals surface area (Å²) in [7, 11) is 1.45. The van der Waals surface area contributed by atoms with Crippen LogP contribution in [0.2, 0.25) is 0 Å². The first-order valence-electron chi connectivity index (χ1n) is 11.8. The lowest BCUT2D eigenvalue weighted by atomic mass is 9.95. The number of amides is 1. The van der Waals surface area contributed by atoms with Gasteiger partial charge in [0, 0.05) is 23.6 Å². The Morgan fingerprint density at radius 3 is 2.59 bits per heavy atom. The quantitative estimate of drug-likeness (QED) is 0.631. The predicted molar refractivity (Wildman–Crippen MR) is 127 cm³/mol. The van der Waals surface area contributed by atoms with Gasteiger partial charge in [0.05, 0.1) is 23.8 Å². The SMILES string of the molecule is COC(=O)N1c2ccc3c(nc([C@H](C)c4ccccc4)n3C3CCNCC3)c2CC[C@@H]1C. The molecule has 1 N–H and O–H groups in total. The number of aryl methyl sites for hydroxylation is 1. The zero-order valence-electron chi connectivity index (χ0n) is 19.2. The summed E-state index contributed by atoms with van der Waals surface area (Å²) in [5.41, 5.74) is 5.61. The average Bonchev–Trinajstić information content (AvgIpc) is 3.24. The van der Waals surface area contributed by atoms with Crippen LogP contribution in [0.25, 0.3) is 11.0 Å². The Morgan fingerprint density at radius 2 is 1.88 bits per heavy atom. The van der Waals surface area contributed by atoms with Gasteiger partial charge in [0.15, 0.2) is 0 Å². The second kappa shape index (κ2) is 8.58. The Labute approximate surface area is 189 Å². The van der Waals surface area contributed by atoms with Gasteiger partial charge in [-0.05, 0) is 63.4 Å². The Balaban J connectivity index is 1.70. The minimum atomic E-state index is -0.298. The fraction of sp³-hybridized carbons (Fsp3) is 0.462. The van der Waals surface area contributed by atoms with E-state index in [2.05, 4.69) is 66.2 Å². The molecule has 2 atom stereocenters. The summed E-state index contributed by atoms with van der Waals surface area (Å²) >= 11 is 0. The minimum Gasteiger partial charge on any atom is -0.452 e. The number of nitrogens with zero attached hydrogens (tertiary/aromatic N) is 3. The number of carbonyl (C=O) groups is 1. The maximum atomic E-state index is 12.6. The number of hydrogen-bond acceptors (Lipinski definition) is 4. The van der Waals surface area contributed by atoms with E-state index in [1.807, 2.05) is 0 Å².